The van der Waals surface area contributed by atoms with Crippen LogP contribution in [0.5, 0.6) is 0 Å². The molecule has 1 unspecified atom stereocenters. The number of aromatic nitrogens is 3. The summed E-state index contributed by atoms with van der Waals surface area (Å²) in [6.07, 6.45) is 3.75. The lowest BCUT2D eigenvalue weighted by molar-refractivity contribution is 0.0529. The second-order valence-electron chi connectivity index (χ2n) is 6.39. The zero-order valence-corrected chi connectivity index (χ0v) is 16.1. The predicted molar refractivity (Wildman–Crippen MR) is 106 cm³/mol. The summed E-state index contributed by atoms with van der Waals surface area (Å²) in [6.45, 7) is 5.27. The van der Waals surface area contributed by atoms with E-state index in [1.807, 2.05) is 24.4 Å². The first kappa shape index (κ1) is 17.2. The van der Waals surface area contributed by atoms with E-state index in [1.165, 1.54) is 0 Å². The molecule has 0 saturated carbocycles. The average Bonchev–Trinajstić information content (AvgIpc) is 2.67. The molecule has 0 aliphatic carbocycles. The maximum Gasteiger partial charge on any atom is 0.137 e. The first-order chi connectivity index (χ1) is 12.7. The topological polar surface area (TPSA) is 63.2 Å². The molecule has 7 heteroatoms. The van der Waals surface area contributed by atoms with Gasteiger partial charge in [-0.2, -0.15) is 0 Å². The van der Waals surface area contributed by atoms with Gasteiger partial charge in [0.25, 0.3) is 0 Å². The van der Waals surface area contributed by atoms with Gasteiger partial charge in [-0.05, 0) is 36.8 Å². The summed E-state index contributed by atoms with van der Waals surface area (Å²) in [6, 6.07) is 10.2. The molecular formula is C19H20BrN5O. The maximum atomic E-state index is 5.59. The number of benzene rings is 1. The van der Waals surface area contributed by atoms with E-state index >= 15 is 0 Å². The van der Waals surface area contributed by atoms with Gasteiger partial charge >= 0.3 is 0 Å². The minimum absolute atomic E-state index is 0.247. The van der Waals surface area contributed by atoms with Crippen LogP contribution in [0.2, 0.25) is 0 Å². The number of nitrogens with one attached hydrogen (secondary N) is 1. The number of rotatable bonds is 4. The fourth-order valence-corrected chi connectivity index (χ4v) is 3.45. The van der Waals surface area contributed by atoms with E-state index in [-0.39, 0.29) is 6.10 Å². The van der Waals surface area contributed by atoms with Crippen molar-refractivity contribution in [2.45, 2.75) is 19.6 Å². The molecule has 1 aromatic carbocycles. The van der Waals surface area contributed by atoms with E-state index in [0.717, 1.165) is 52.3 Å². The Hall–Kier alpha value is -2.25. The molecule has 1 fully saturated rings. The average molecular weight is 414 g/mol. The Morgan fingerprint density at radius 3 is 2.96 bits per heavy atom. The van der Waals surface area contributed by atoms with E-state index in [0.29, 0.717) is 6.54 Å². The predicted octanol–water partition coefficient (Wildman–Crippen LogP) is 3.62. The van der Waals surface area contributed by atoms with Crippen LogP contribution in [0.4, 0.5) is 11.6 Å². The third-order valence-electron chi connectivity index (χ3n) is 4.43. The summed E-state index contributed by atoms with van der Waals surface area (Å²) in [4.78, 5) is 15.6. The van der Waals surface area contributed by atoms with Gasteiger partial charge in [0.15, 0.2) is 0 Å². The van der Waals surface area contributed by atoms with Gasteiger partial charge in [0.05, 0.1) is 18.2 Å². The number of halogens is 1. The Morgan fingerprint density at radius 1 is 1.23 bits per heavy atom. The van der Waals surface area contributed by atoms with Crippen LogP contribution in [0.15, 0.2) is 47.3 Å². The van der Waals surface area contributed by atoms with Gasteiger partial charge in [0.2, 0.25) is 0 Å². The second-order valence-corrected chi connectivity index (χ2v) is 7.31. The minimum atomic E-state index is 0.247. The van der Waals surface area contributed by atoms with Crippen molar-refractivity contribution in [1.82, 2.24) is 15.0 Å². The van der Waals surface area contributed by atoms with Crippen molar-refractivity contribution in [2.24, 2.45) is 0 Å². The van der Waals surface area contributed by atoms with E-state index in [2.05, 4.69) is 60.2 Å². The largest absolute Gasteiger partial charge is 0.375 e. The Kier molecular flexibility index (Phi) is 4.99. The van der Waals surface area contributed by atoms with Gasteiger partial charge in [-0.3, -0.25) is 0 Å². The zero-order chi connectivity index (χ0) is 17.9. The molecule has 1 saturated heterocycles. The molecule has 0 spiro atoms. The van der Waals surface area contributed by atoms with Crippen LogP contribution in [0.1, 0.15) is 12.5 Å². The highest BCUT2D eigenvalue weighted by molar-refractivity contribution is 9.10. The van der Waals surface area contributed by atoms with Crippen LogP contribution < -0.4 is 10.2 Å². The zero-order valence-electron chi connectivity index (χ0n) is 14.5. The van der Waals surface area contributed by atoms with Gasteiger partial charge in [0, 0.05) is 35.7 Å². The van der Waals surface area contributed by atoms with Gasteiger partial charge in [-0.1, -0.05) is 22.0 Å². The molecular weight excluding hydrogens is 394 g/mol. The number of nitrogens with zero attached hydrogens (tertiary/aromatic N) is 4. The normalized spacial score (nSPS) is 17.5. The summed E-state index contributed by atoms with van der Waals surface area (Å²) in [5.74, 6) is 1.82. The number of morpholine rings is 1. The monoisotopic (exact) mass is 413 g/mol. The Balaban J connectivity index is 1.46. The van der Waals surface area contributed by atoms with Gasteiger partial charge in [-0.25, -0.2) is 15.0 Å². The summed E-state index contributed by atoms with van der Waals surface area (Å²) in [5, 5.41) is 4.39. The van der Waals surface area contributed by atoms with E-state index in [1.54, 1.807) is 6.33 Å². The van der Waals surface area contributed by atoms with Crippen LogP contribution in [0, 0.1) is 0 Å². The standard InChI is InChI=1S/C19H20BrN5O/c1-13-11-25(6-7-26-13)18-5-2-14(9-21-18)10-22-19-16-8-15(20)3-4-17(16)23-12-24-19/h2-5,8-9,12-13H,6-7,10-11H2,1H3,(H,22,23,24). The Bertz CT molecular complexity index is 902. The van der Waals surface area contributed by atoms with E-state index in [9.17, 15) is 0 Å². The molecule has 0 radical (unpaired) electrons. The molecule has 2 aromatic heterocycles. The number of anilines is 2. The summed E-state index contributed by atoms with van der Waals surface area (Å²) in [7, 11) is 0. The molecule has 3 aromatic rings. The molecule has 4 rings (SSSR count). The van der Waals surface area contributed by atoms with Gasteiger partial charge < -0.3 is 15.0 Å². The van der Waals surface area contributed by atoms with Crippen molar-refractivity contribution in [2.75, 3.05) is 29.9 Å². The molecule has 1 N–H and O–H groups in total. The highest BCUT2D eigenvalue weighted by Gasteiger charge is 2.17. The van der Waals surface area contributed by atoms with Crippen molar-refractivity contribution in [1.29, 1.82) is 0 Å². The molecule has 1 atom stereocenters. The smallest absolute Gasteiger partial charge is 0.137 e. The molecule has 6 nitrogen and oxygen atoms in total. The third-order valence-corrected chi connectivity index (χ3v) is 4.92. The molecule has 1 aliphatic rings. The Labute approximate surface area is 160 Å². The fourth-order valence-electron chi connectivity index (χ4n) is 3.09. The van der Waals surface area contributed by atoms with E-state index < -0.39 is 0 Å². The number of hydrogen-bond donors (Lipinski definition) is 1. The quantitative estimate of drug-likeness (QED) is 0.704. The van der Waals surface area contributed by atoms with Crippen molar-refractivity contribution in [3.05, 3.63) is 52.9 Å². The van der Waals surface area contributed by atoms with E-state index in [4.69, 9.17) is 4.74 Å². The fraction of sp³-hybridized carbons (Fsp3) is 0.316. The lowest BCUT2D eigenvalue weighted by Crippen LogP contribution is -2.41. The summed E-state index contributed by atoms with van der Waals surface area (Å²) in [5.41, 5.74) is 2.03. The van der Waals surface area contributed by atoms with Crippen molar-refractivity contribution in [3.8, 4) is 0 Å². The van der Waals surface area contributed by atoms with Crippen LogP contribution in [-0.4, -0.2) is 40.8 Å². The lowest BCUT2D eigenvalue weighted by atomic mass is 10.2. The first-order valence-electron chi connectivity index (χ1n) is 8.64. The third kappa shape index (κ3) is 3.78. The molecule has 134 valence electrons. The maximum absolute atomic E-state index is 5.59. The van der Waals surface area contributed by atoms with Crippen LogP contribution in [0.25, 0.3) is 10.9 Å². The van der Waals surface area contributed by atoms with Crippen LogP contribution in [-0.2, 0) is 11.3 Å². The second kappa shape index (κ2) is 7.55. The molecule has 1 aliphatic heterocycles. The number of pyridine rings is 1. The molecule has 26 heavy (non-hydrogen) atoms. The number of fused-ring (bicyclic) bond motifs is 1. The highest BCUT2D eigenvalue weighted by Crippen LogP contribution is 2.24. The molecule has 3 heterocycles. The number of hydrogen-bond acceptors (Lipinski definition) is 6. The van der Waals surface area contributed by atoms with Crippen molar-refractivity contribution < 1.29 is 4.74 Å². The van der Waals surface area contributed by atoms with Crippen molar-refractivity contribution in [3.63, 3.8) is 0 Å². The minimum Gasteiger partial charge on any atom is -0.375 e. The Morgan fingerprint density at radius 2 is 2.15 bits per heavy atom. The SMILES string of the molecule is CC1CN(c2ccc(CNc3ncnc4ccc(Br)cc34)cn2)CCO1. The van der Waals surface area contributed by atoms with Gasteiger partial charge in [0.1, 0.15) is 18.0 Å². The van der Waals surface area contributed by atoms with Crippen molar-refractivity contribution >= 4 is 38.5 Å². The molecule has 0 amide bonds. The van der Waals surface area contributed by atoms with Gasteiger partial charge in [-0.15, -0.1) is 0 Å². The number of ether oxygens (including phenoxy) is 1. The highest BCUT2D eigenvalue weighted by atomic mass is 79.9. The summed E-state index contributed by atoms with van der Waals surface area (Å²) < 4.78 is 6.60. The van der Waals surface area contributed by atoms with Crippen LogP contribution in [0.3, 0.4) is 0 Å². The first-order valence-corrected chi connectivity index (χ1v) is 9.44. The molecule has 0 bridgehead atoms. The van der Waals surface area contributed by atoms with Crippen LogP contribution >= 0.6 is 15.9 Å². The summed E-state index contributed by atoms with van der Waals surface area (Å²) >= 11 is 3.51. The lowest BCUT2D eigenvalue weighted by Gasteiger charge is -2.32.